The minimum atomic E-state index is -1.18. The van der Waals surface area contributed by atoms with Gasteiger partial charge in [-0.05, 0) is 135 Å². The summed E-state index contributed by atoms with van der Waals surface area (Å²) >= 11 is 0. The summed E-state index contributed by atoms with van der Waals surface area (Å²) in [6.45, 7) is 9.52. The molecule has 9 N–H and O–H groups in total. The van der Waals surface area contributed by atoms with Crippen molar-refractivity contribution in [3.8, 4) is 23.0 Å². The number of carbonyl (C=O) groups is 10. The van der Waals surface area contributed by atoms with Crippen LogP contribution < -0.4 is 108 Å². The number of benzene rings is 5. The summed E-state index contributed by atoms with van der Waals surface area (Å²) < 4.78 is 129. The van der Waals surface area contributed by atoms with Crippen LogP contribution in [0.15, 0.2) is 164 Å². The Kier molecular flexibility index (Phi) is 37.2. The fraction of sp³-hybridized carbons (Fsp3) is 0.368. The molecule has 42 heteroatoms. The molecular formula is C95H99F6N10NaO25. The van der Waals surface area contributed by atoms with Crippen molar-refractivity contribution in [1.29, 1.82) is 0 Å². The molecule has 7 aliphatic rings. The van der Waals surface area contributed by atoms with Gasteiger partial charge in [0.2, 0.25) is 27.5 Å². The first kappa shape index (κ1) is 105. The van der Waals surface area contributed by atoms with Crippen LogP contribution in [0, 0.1) is 34.9 Å². The largest absolute Gasteiger partial charge is 1.00 e. The van der Waals surface area contributed by atoms with Crippen LogP contribution in [-0.2, 0) is 61.5 Å². The van der Waals surface area contributed by atoms with E-state index in [0.717, 1.165) is 93.6 Å². The second-order valence-electron chi connectivity index (χ2n) is 32.8. The first-order valence-corrected chi connectivity index (χ1v) is 43.6. The van der Waals surface area contributed by atoms with Crippen molar-refractivity contribution in [2.45, 2.75) is 205 Å². The normalized spacial score (nSPS) is 18.0. The topological polar surface area (TPSA) is 482 Å². The smallest absolute Gasteiger partial charge is 0.662 e. The third-order valence-corrected chi connectivity index (χ3v) is 22.6. The molecule has 4 fully saturated rings. The minimum absolute atomic E-state index is 0. The number of halogens is 6. The maximum Gasteiger partial charge on any atom is 1.00 e. The van der Waals surface area contributed by atoms with Crippen molar-refractivity contribution >= 4 is 60.0 Å². The molecule has 6 amide bonds. The third-order valence-electron chi connectivity index (χ3n) is 22.6. The first-order valence-electron chi connectivity index (χ1n) is 43.6. The number of nitrogens with two attached hydrogens (primary N) is 1. The summed E-state index contributed by atoms with van der Waals surface area (Å²) in [5.74, 6) is -14.6. The second-order valence-corrected chi connectivity index (χ2v) is 32.8. The molecule has 35 nitrogen and oxygen atoms in total. The van der Waals surface area contributed by atoms with Crippen LogP contribution in [0.5, 0.6) is 23.0 Å². The molecule has 137 heavy (non-hydrogen) atoms. The Bertz CT molecular complexity index is 6140. The number of aromatic hydroxyl groups is 1. The predicted octanol–water partition coefficient (Wildman–Crippen LogP) is 7.19. The Morgan fingerprint density at radius 2 is 0.847 bits per heavy atom. The summed E-state index contributed by atoms with van der Waals surface area (Å²) in [5.41, 5.74) is 2.11. The van der Waals surface area contributed by atoms with Gasteiger partial charge in [0, 0.05) is 97.3 Å². The van der Waals surface area contributed by atoms with Gasteiger partial charge in [-0.1, -0.05) is 91.0 Å². The Labute approximate surface area is 800 Å². The van der Waals surface area contributed by atoms with E-state index in [0.29, 0.717) is 30.7 Å². The molecule has 0 saturated heterocycles. The molecule has 5 aromatic carbocycles. The number of nitrogens with one attached hydrogen (secondary N) is 6. The van der Waals surface area contributed by atoms with Gasteiger partial charge in [-0.2, -0.15) is 0 Å². The number of amides is 6. The van der Waals surface area contributed by atoms with Crippen molar-refractivity contribution < 1.29 is 157 Å². The summed E-state index contributed by atoms with van der Waals surface area (Å²) in [5, 5.41) is 34.6. The number of carbonyl (C=O) groups excluding carboxylic acids is 10. The van der Waals surface area contributed by atoms with E-state index in [1.165, 1.54) is 23.2 Å². The van der Waals surface area contributed by atoms with Gasteiger partial charge in [-0.15, -0.1) is 0 Å². The molecule has 9 aromatic rings. The van der Waals surface area contributed by atoms with Crippen molar-refractivity contribution in [3.63, 3.8) is 0 Å². The average Bonchev–Trinajstić information content (AvgIpc) is 1.63. The number of rotatable bonds is 23. The summed E-state index contributed by atoms with van der Waals surface area (Å²) in [4.78, 5) is 174. The van der Waals surface area contributed by atoms with E-state index in [1.54, 1.807) is 66.3 Å². The number of esters is 3. The summed E-state index contributed by atoms with van der Waals surface area (Å²) in [6, 6.07) is 28.8. The predicted molar refractivity (Wildman–Crippen MR) is 468 cm³/mol. The van der Waals surface area contributed by atoms with Crippen LogP contribution in [0.4, 0.5) is 31.1 Å². The van der Waals surface area contributed by atoms with Crippen LogP contribution in [-0.4, -0.2) is 134 Å². The van der Waals surface area contributed by atoms with Crippen molar-refractivity contribution in [2.24, 2.45) is 5.73 Å². The number of aromatic nitrogens is 3. The van der Waals surface area contributed by atoms with E-state index < -0.39 is 145 Å². The van der Waals surface area contributed by atoms with Crippen LogP contribution in [0.3, 0.4) is 0 Å². The van der Waals surface area contributed by atoms with Gasteiger partial charge in [-0.3, -0.25) is 47.9 Å². The molecule has 0 spiro atoms. The minimum Gasteiger partial charge on any atom is -0.662 e. The van der Waals surface area contributed by atoms with Gasteiger partial charge >= 0.3 is 53.6 Å². The van der Waals surface area contributed by atoms with E-state index in [1.807, 2.05) is 75.4 Å². The van der Waals surface area contributed by atoms with Crippen molar-refractivity contribution in [3.05, 3.63) is 289 Å². The van der Waals surface area contributed by atoms with Crippen molar-refractivity contribution in [2.75, 3.05) is 19.8 Å². The Morgan fingerprint density at radius 1 is 0.496 bits per heavy atom. The number of hydrogen-bond donors (Lipinski definition) is 8. The van der Waals surface area contributed by atoms with Crippen LogP contribution in [0.1, 0.15) is 248 Å². The second kappa shape index (κ2) is 48.5. The Hall–Kier alpha value is -13.9. The molecule has 7 heterocycles. The zero-order valence-electron chi connectivity index (χ0n) is 75.5. The fourth-order valence-electron chi connectivity index (χ4n) is 16.4. The average molecular weight is 1920 g/mol. The number of ether oxygens (including phenoxy) is 7. The number of nitrogens with zero attached hydrogens (tertiary/aromatic N) is 3. The van der Waals surface area contributed by atoms with Gasteiger partial charge < -0.3 is 104 Å². The van der Waals surface area contributed by atoms with E-state index in [2.05, 4.69) is 36.8 Å². The summed E-state index contributed by atoms with van der Waals surface area (Å²) in [7, 11) is 0. The van der Waals surface area contributed by atoms with Crippen LogP contribution in [0.25, 0.3) is 0 Å². The molecular weight excluding hydrogens is 1820 g/mol. The molecule has 0 bridgehead atoms. The van der Waals surface area contributed by atoms with Crippen LogP contribution >= 0.6 is 0 Å². The monoisotopic (exact) mass is 1920 g/mol. The molecule has 4 aliphatic carbocycles. The van der Waals surface area contributed by atoms with E-state index in [-0.39, 0.29) is 187 Å². The maximum absolute atomic E-state index is 14.0. The van der Waals surface area contributed by atoms with E-state index >= 15 is 0 Å². The zero-order valence-corrected chi connectivity index (χ0v) is 77.5. The number of alkyl carbamates (subject to hydrolysis) is 1. The van der Waals surface area contributed by atoms with Gasteiger partial charge in [-0.25, -0.2) is 45.5 Å². The number of fused-ring (bicyclic) bond motifs is 9. The maximum atomic E-state index is 14.0. The molecule has 16 rings (SSSR count). The van der Waals surface area contributed by atoms with Gasteiger partial charge in [0.25, 0.3) is 41.8 Å². The zero-order chi connectivity index (χ0) is 98.4. The van der Waals surface area contributed by atoms with E-state index in [9.17, 15) is 93.8 Å². The van der Waals surface area contributed by atoms with Crippen molar-refractivity contribution in [1.82, 2.24) is 45.6 Å². The molecule has 4 saturated carbocycles. The SMILES string of the molecule is CC(C)(C)OC(=O)N[C@H]1CCC[C@H]1N.CCOC(=O)c1cn2c(c(OCc3ccccc3)c1=O)C(=O)N[C@H]1CCC[C@H]12.CCOC(=O)c1occ(C(=O)OCC)c(=O)c1OCc1ccccc1.O=C(NCc1c(F)cc(F)cc1F)c1cn2c(c(O)c1=O)C(=O)N[C@H]1CCC[C@H]12.O=C(NCc1c(F)cc(F)cc1F)c1cn2c(c(OCc3ccccc3)c1=O)C(=O)N[C@H]1CCC[C@H]12.O=CO[O-].[Na+]. The van der Waals surface area contributed by atoms with Gasteiger partial charge in [0.1, 0.15) is 88.8 Å². The third kappa shape index (κ3) is 26.2. The molecule has 4 aromatic heterocycles. The standard InChI is InChI=1S/C26H22F3N3O4.C21H22N2O5.C19H16F3N3O4.C18H18O7.C10H20N2O2.CH2O3.Na/c27-15-9-18(28)16(19(29)10-15)11-30-25(34)17-12-32-21-8-4-7-20(21)31-26(35)22(32)24(23(17)33)36-13-14-5-2-1-3-6-14;1-2-27-21(26)14-11-23-16-10-6-9-15(16)22-20(25)17(23)19(18(14)24)28-12-13-7-4-3-5-8-13;20-8-4-11(21)9(12(22)5-8)6-23-18(28)10-7-25-14-3-1-2-13(14)24-19(29)15(25)17(27)16(10)26;1-3-22-17(20)13-11-25-16(18(21)23-4-2)15(14(13)19)24-10-12-8-6-5-7-9-12;1-10(2,3)14-9(13)12-8-6-4-5-7(8)11;2-1-4-3;/h1-3,5-6,9-10,12,20-21H,4,7-8,11,13H2,(H,30,34)(H,31,35);3-5,7-8,11,15-16H,2,6,9-10,12H2,1H3,(H,22,25);4-5,7,13-14,27H,1-3,6H2,(H,23,28)(H,24,29);5-9,11H,3-4,10H2,1-2H3;7-8H,4-6,11H2,1-3H3,(H,12,13);1,3H;/q;;;;;;+1/p-1/t20-,21+;15-,16+;13-,14+;;7-,8+;;/m000.1../s1. The molecule has 3 aliphatic heterocycles. The molecule has 722 valence electrons. The Balaban J connectivity index is 0.000000179. The number of hydrogen-bond acceptors (Lipinski definition) is 26. The van der Waals surface area contributed by atoms with Gasteiger partial charge in [0.15, 0.2) is 34.3 Å². The Morgan fingerprint density at radius 3 is 1.23 bits per heavy atom. The molecule has 0 unspecified atom stereocenters. The molecule has 0 radical (unpaired) electrons. The molecule has 8 atom stereocenters. The van der Waals surface area contributed by atoms with Crippen LogP contribution in [0.2, 0.25) is 0 Å². The quantitative estimate of drug-likeness (QED) is 0.00597. The fourth-order valence-corrected chi connectivity index (χ4v) is 16.4. The van der Waals surface area contributed by atoms with E-state index in [4.69, 9.17) is 53.4 Å². The summed E-state index contributed by atoms with van der Waals surface area (Å²) in [6.07, 6.45) is 14.8. The first-order chi connectivity index (χ1) is 65.1. The van der Waals surface area contributed by atoms with Gasteiger partial charge in [0.05, 0.1) is 37.9 Å². The number of pyridine rings is 3.